The Kier molecular flexibility index (Phi) is 3.37. The average molecular weight is 260 g/mol. The van der Waals surface area contributed by atoms with Gasteiger partial charge in [0, 0.05) is 17.1 Å². The summed E-state index contributed by atoms with van der Waals surface area (Å²) < 4.78 is 13.1. The molecule has 2 aromatic carbocycles. The summed E-state index contributed by atoms with van der Waals surface area (Å²) in [4.78, 5) is 11.0. The van der Waals surface area contributed by atoms with Gasteiger partial charge in [-0.15, -0.1) is 0 Å². The lowest BCUT2D eigenvalue weighted by Gasteiger charge is -2.09. The maximum absolute atomic E-state index is 13.1. The molecule has 0 atom stereocenters. The van der Waals surface area contributed by atoms with Crippen LogP contribution in [0.3, 0.4) is 0 Å². The Hall–Kier alpha value is -2.56. The number of nitrogen functional groups attached to an aromatic ring is 1. The number of aromatic carboxylic acids is 1. The normalized spacial score (nSPS) is 10.2. The molecule has 0 amide bonds. The summed E-state index contributed by atoms with van der Waals surface area (Å²) in [5.74, 6) is -1.37. The first-order valence-corrected chi connectivity index (χ1v) is 5.63. The number of carboxylic acid groups (broad SMARTS) is 1. The van der Waals surface area contributed by atoms with Gasteiger partial charge in [0.1, 0.15) is 5.82 Å². The fraction of sp³-hybridized carbons (Fsp3) is 0.0714. The van der Waals surface area contributed by atoms with E-state index in [1.54, 1.807) is 25.1 Å². The van der Waals surface area contributed by atoms with E-state index in [1.807, 2.05) is 0 Å². The maximum atomic E-state index is 13.1. The van der Waals surface area contributed by atoms with E-state index in [4.69, 9.17) is 10.8 Å². The second-order valence-electron chi connectivity index (χ2n) is 4.20. The molecule has 4 N–H and O–H groups in total. The van der Waals surface area contributed by atoms with Gasteiger partial charge < -0.3 is 16.2 Å². The summed E-state index contributed by atoms with van der Waals surface area (Å²) in [7, 11) is 0. The number of carboxylic acids is 1. The van der Waals surface area contributed by atoms with E-state index in [0.717, 1.165) is 0 Å². The molecule has 0 fully saturated rings. The fourth-order valence-corrected chi connectivity index (χ4v) is 1.71. The average Bonchev–Trinajstić information content (AvgIpc) is 2.36. The summed E-state index contributed by atoms with van der Waals surface area (Å²) in [6.45, 7) is 1.66. The van der Waals surface area contributed by atoms with Gasteiger partial charge in [-0.2, -0.15) is 0 Å². The smallest absolute Gasteiger partial charge is 0.337 e. The zero-order chi connectivity index (χ0) is 14.0. The van der Waals surface area contributed by atoms with Crippen molar-refractivity contribution in [2.24, 2.45) is 0 Å². The van der Waals surface area contributed by atoms with Crippen LogP contribution in [-0.4, -0.2) is 11.1 Å². The summed E-state index contributed by atoms with van der Waals surface area (Å²) >= 11 is 0. The number of nitrogens with two attached hydrogens (primary N) is 1. The van der Waals surface area contributed by atoms with E-state index in [2.05, 4.69) is 5.32 Å². The molecule has 0 spiro atoms. The molecule has 0 aliphatic rings. The van der Waals surface area contributed by atoms with Crippen LogP contribution in [0.4, 0.5) is 21.5 Å². The number of rotatable bonds is 3. The Labute approximate surface area is 109 Å². The van der Waals surface area contributed by atoms with Gasteiger partial charge in [0.2, 0.25) is 0 Å². The van der Waals surface area contributed by atoms with Crippen molar-refractivity contribution in [2.45, 2.75) is 6.92 Å². The number of aryl methyl sites for hydroxylation is 1. The van der Waals surface area contributed by atoms with Crippen molar-refractivity contribution in [3.05, 3.63) is 53.3 Å². The number of halogens is 1. The number of anilines is 3. The van der Waals surface area contributed by atoms with Crippen LogP contribution in [0.25, 0.3) is 0 Å². The minimum atomic E-state index is -1.09. The van der Waals surface area contributed by atoms with Crippen LogP contribution >= 0.6 is 0 Å². The highest BCUT2D eigenvalue weighted by molar-refractivity contribution is 5.95. The van der Waals surface area contributed by atoms with Crippen LogP contribution in [0, 0.1) is 12.7 Å². The molecule has 98 valence electrons. The van der Waals surface area contributed by atoms with Crippen molar-refractivity contribution in [3.63, 3.8) is 0 Å². The molecule has 0 radical (unpaired) electrons. The van der Waals surface area contributed by atoms with E-state index in [0.29, 0.717) is 16.9 Å². The van der Waals surface area contributed by atoms with Crippen molar-refractivity contribution in [1.82, 2.24) is 0 Å². The topological polar surface area (TPSA) is 75.3 Å². The highest BCUT2D eigenvalue weighted by Gasteiger charge is 2.09. The molecular weight excluding hydrogens is 247 g/mol. The largest absolute Gasteiger partial charge is 0.478 e. The highest BCUT2D eigenvalue weighted by Crippen LogP contribution is 2.23. The molecule has 2 aromatic rings. The molecule has 5 heteroatoms. The number of nitrogens with one attached hydrogen (secondary N) is 1. The zero-order valence-electron chi connectivity index (χ0n) is 10.3. The Bertz CT molecular complexity index is 641. The first kappa shape index (κ1) is 12.9. The number of hydrogen-bond acceptors (Lipinski definition) is 3. The fourth-order valence-electron chi connectivity index (χ4n) is 1.71. The van der Waals surface area contributed by atoms with Gasteiger partial charge in [-0.25, -0.2) is 9.18 Å². The first-order valence-electron chi connectivity index (χ1n) is 5.63. The zero-order valence-corrected chi connectivity index (χ0v) is 10.3. The lowest BCUT2D eigenvalue weighted by atomic mass is 10.1. The second-order valence-corrected chi connectivity index (χ2v) is 4.20. The van der Waals surface area contributed by atoms with Gasteiger partial charge >= 0.3 is 5.97 Å². The molecule has 4 nitrogen and oxygen atoms in total. The number of carbonyl (C=O) groups is 1. The van der Waals surface area contributed by atoms with Crippen molar-refractivity contribution < 1.29 is 14.3 Å². The van der Waals surface area contributed by atoms with E-state index in [9.17, 15) is 9.18 Å². The van der Waals surface area contributed by atoms with Crippen LogP contribution in [0.1, 0.15) is 15.9 Å². The van der Waals surface area contributed by atoms with Gasteiger partial charge in [-0.1, -0.05) is 0 Å². The predicted molar refractivity (Wildman–Crippen MR) is 72.2 cm³/mol. The van der Waals surface area contributed by atoms with Crippen LogP contribution in [0.5, 0.6) is 0 Å². The van der Waals surface area contributed by atoms with E-state index in [1.165, 1.54) is 18.2 Å². The van der Waals surface area contributed by atoms with E-state index >= 15 is 0 Å². The van der Waals surface area contributed by atoms with Gasteiger partial charge in [-0.3, -0.25) is 0 Å². The monoisotopic (exact) mass is 260 g/mol. The lowest BCUT2D eigenvalue weighted by molar-refractivity contribution is 0.0698. The molecule has 0 unspecified atom stereocenters. The van der Waals surface area contributed by atoms with Crippen LogP contribution in [0.2, 0.25) is 0 Å². The third kappa shape index (κ3) is 2.82. The lowest BCUT2D eigenvalue weighted by Crippen LogP contribution is -2.03. The van der Waals surface area contributed by atoms with Gasteiger partial charge in [-0.05, 0) is 48.9 Å². The van der Waals surface area contributed by atoms with Crippen LogP contribution < -0.4 is 11.1 Å². The Balaban J connectivity index is 2.30. The quantitative estimate of drug-likeness (QED) is 0.741. The molecule has 0 aliphatic heterocycles. The van der Waals surface area contributed by atoms with Crippen LogP contribution in [0.15, 0.2) is 36.4 Å². The molecule has 0 aromatic heterocycles. The number of benzene rings is 2. The minimum Gasteiger partial charge on any atom is -0.478 e. The summed E-state index contributed by atoms with van der Waals surface area (Å²) in [5, 5.41) is 12.0. The van der Waals surface area contributed by atoms with Crippen molar-refractivity contribution in [1.29, 1.82) is 0 Å². The molecule has 0 saturated heterocycles. The van der Waals surface area contributed by atoms with Gasteiger partial charge in [0.15, 0.2) is 0 Å². The summed E-state index contributed by atoms with van der Waals surface area (Å²) in [5.41, 5.74) is 7.58. The van der Waals surface area contributed by atoms with Gasteiger partial charge in [0.05, 0.1) is 5.56 Å². The van der Waals surface area contributed by atoms with Crippen LogP contribution in [-0.2, 0) is 0 Å². The Morgan fingerprint density at radius 1 is 1.21 bits per heavy atom. The molecule has 0 heterocycles. The molecule has 0 bridgehead atoms. The van der Waals surface area contributed by atoms with Crippen molar-refractivity contribution in [3.8, 4) is 0 Å². The molecule has 19 heavy (non-hydrogen) atoms. The molecule has 0 saturated carbocycles. The van der Waals surface area contributed by atoms with E-state index in [-0.39, 0.29) is 17.1 Å². The SMILES string of the molecule is Cc1cc(Nc2ccc(N)c(C(=O)O)c2)ccc1F. The Morgan fingerprint density at radius 3 is 2.47 bits per heavy atom. The summed E-state index contributed by atoms with van der Waals surface area (Å²) in [6.07, 6.45) is 0. The predicted octanol–water partition coefficient (Wildman–Crippen LogP) is 3.16. The molecule has 2 rings (SSSR count). The van der Waals surface area contributed by atoms with Crippen molar-refractivity contribution in [2.75, 3.05) is 11.1 Å². The molecular formula is C14H13FN2O2. The standard InChI is InChI=1S/C14H13FN2O2/c1-8-6-9(2-4-12(8)15)17-10-3-5-13(16)11(7-10)14(18)19/h2-7,17H,16H2,1H3,(H,18,19). The second kappa shape index (κ2) is 4.97. The minimum absolute atomic E-state index is 0.0313. The number of hydrogen-bond donors (Lipinski definition) is 3. The van der Waals surface area contributed by atoms with E-state index < -0.39 is 5.97 Å². The third-order valence-electron chi connectivity index (χ3n) is 2.73. The molecule has 0 aliphatic carbocycles. The Morgan fingerprint density at radius 2 is 1.84 bits per heavy atom. The third-order valence-corrected chi connectivity index (χ3v) is 2.73. The highest BCUT2D eigenvalue weighted by atomic mass is 19.1. The van der Waals surface area contributed by atoms with Crippen molar-refractivity contribution >= 4 is 23.0 Å². The maximum Gasteiger partial charge on any atom is 0.337 e. The summed E-state index contributed by atoms with van der Waals surface area (Å²) in [6, 6.07) is 9.21. The first-order chi connectivity index (χ1) is 8.97. The van der Waals surface area contributed by atoms with Gasteiger partial charge in [0.25, 0.3) is 0 Å².